The van der Waals surface area contributed by atoms with Crippen molar-refractivity contribution in [2.75, 3.05) is 13.1 Å². The highest BCUT2D eigenvalue weighted by Crippen LogP contribution is 2.07. The second-order valence-electron chi connectivity index (χ2n) is 4.78. The quantitative estimate of drug-likeness (QED) is 0.541. The standard InChI is InChI=1S/C13H27N3O2/c1-3-4-5-6-7-8-9-16(10-12(14)17)11(2)13(15)18/h11H,3-10H2,1-2H3,(H2,14,17)(H2,15,18). The molecule has 106 valence electrons. The third-order valence-corrected chi connectivity index (χ3v) is 3.12. The molecule has 0 aromatic heterocycles. The lowest BCUT2D eigenvalue weighted by atomic mass is 10.1. The van der Waals surface area contributed by atoms with Crippen LogP contribution in [0.2, 0.25) is 0 Å². The lowest BCUT2D eigenvalue weighted by Gasteiger charge is -2.25. The maximum Gasteiger partial charge on any atom is 0.234 e. The smallest absolute Gasteiger partial charge is 0.234 e. The zero-order valence-corrected chi connectivity index (χ0v) is 11.7. The molecule has 0 aromatic carbocycles. The summed E-state index contributed by atoms with van der Waals surface area (Å²) in [5, 5.41) is 0. The van der Waals surface area contributed by atoms with E-state index in [1.165, 1.54) is 25.7 Å². The fraction of sp³-hybridized carbons (Fsp3) is 0.846. The molecule has 0 saturated carbocycles. The van der Waals surface area contributed by atoms with Crippen LogP contribution in [0.25, 0.3) is 0 Å². The van der Waals surface area contributed by atoms with Crippen LogP contribution < -0.4 is 11.5 Å². The van der Waals surface area contributed by atoms with E-state index >= 15 is 0 Å². The highest BCUT2D eigenvalue weighted by Gasteiger charge is 2.19. The average Bonchev–Trinajstić information content (AvgIpc) is 2.30. The first-order chi connectivity index (χ1) is 8.49. The van der Waals surface area contributed by atoms with Crippen LogP contribution in [-0.4, -0.2) is 35.8 Å². The predicted octanol–water partition coefficient (Wildman–Crippen LogP) is 1.01. The van der Waals surface area contributed by atoms with Gasteiger partial charge in [-0.2, -0.15) is 0 Å². The molecule has 0 heterocycles. The van der Waals surface area contributed by atoms with E-state index in [0.29, 0.717) is 6.54 Å². The Balaban J connectivity index is 3.94. The molecular weight excluding hydrogens is 230 g/mol. The number of unbranched alkanes of at least 4 members (excludes halogenated alkanes) is 5. The van der Waals surface area contributed by atoms with Gasteiger partial charge in [0, 0.05) is 0 Å². The van der Waals surface area contributed by atoms with Gasteiger partial charge in [0.05, 0.1) is 12.6 Å². The van der Waals surface area contributed by atoms with Crippen molar-refractivity contribution >= 4 is 11.8 Å². The number of rotatable bonds is 11. The Morgan fingerprint density at radius 3 is 2.11 bits per heavy atom. The van der Waals surface area contributed by atoms with Crippen LogP contribution in [0, 0.1) is 0 Å². The van der Waals surface area contributed by atoms with E-state index in [1.807, 2.05) is 0 Å². The van der Waals surface area contributed by atoms with E-state index in [9.17, 15) is 9.59 Å². The Morgan fingerprint density at radius 2 is 1.61 bits per heavy atom. The monoisotopic (exact) mass is 257 g/mol. The molecule has 18 heavy (non-hydrogen) atoms. The number of hydrogen-bond donors (Lipinski definition) is 2. The lowest BCUT2D eigenvalue weighted by molar-refractivity contribution is -0.125. The minimum Gasteiger partial charge on any atom is -0.369 e. The summed E-state index contributed by atoms with van der Waals surface area (Å²) >= 11 is 0. The number of hydrogen-bond acceptors (Lipinski definition) is 3. The van der Waals surface area contributed by atoms with Crippen LogP contribution in [0.15, 0.2) is 0 Å². The zero-order valence-electron chi connectivity index (χ0n) is 11.7. The van der Waals surface area contributed by atoms with Crippen LogP contribution in [0.3, 0.4) is 0 Å². The minimum atomic E-state index is -0.437. The van der Waals surface area contributed by atoms with Crippen molar-refractivity contribution in [1.29, 1.82) is 0 Å². The largest absolute Gasteiger partial charge is 0.369 e. The molecule has 0 aliphatic heterocycles. The van der Waals surface area contributed by atoms with Gasteiger partial charge in [0.15, 0.2) is 0 Å². The van der Waals surface area contributed by atoms with Gasteiger partial charge >= 0.3 is 0 Å². The molecule has 4 N–H and O–H groups in total. The SMILES string of the molecule is CCCCCCCCN(CC(N)=O)C(C)C(N)=O. The molecule has 1 unspecified atom stereocenters. The van der Waals surface area contributed by atoms with E-state index in [0.717, 1.165) is 12.8 Å². The van der Waals surface area contributed by atoms with Gasteiger partial charge in [-0.3, -0.25) is 14.5 Å². The number of primary amides is 2. The van der Waals surface area contributed by atoms with Crippen molar-refractivity contribution in [1.82, 2.24) is 4.90 Å². The van der Waals surface area contributed by atoms with Crippen LogP contribution in [0.1, 0.15) is 52.4 Å². The third-order valence-electron chi connectivity index (χ3n) is 3.12. The Labute approximate surface area is 110 Å². The van der Waals surface area contributed by atoms with Gasteiger partial charge in [0.1, 0.15) is 0 Å². The summed E-state index contributed by atoms with van der Waals surface area (Å²) in [5.74, 6) is -0.837. The van der Waals surface area contributed by atoms with Crippen LogP contribution in [0.4, 0.5) is 0 Å². The Kier molecular flexibility index (Phi) is 9.28. The Hall–Kier alpha value is -1.10. The van der Waals surface area contributed by atoms with E-state index in [2.05, 4.69) is 6.92 Å². The Morgan fingerprint density at radius 1 is 1.06 bits per heavy atom. The molecule has 5 nitrogen and oxygen atoms in total. The predicted molar refractivity (Wildman–Crippen MR) is 72.8 cm³/mol. The molecule has 0 aliphatic rings. The fourth-order valence-corrected chi connectivity index (χ4v) is 1.88. The average molecular weight is 257 g/mol. The molecule has 2 amide bonds. The van der Waals surface area contributed by atoms with Gasteiger partial charge in [-0.15, -0.1) is 0 Å². The van der Waals surface area contributed by atoms with Crippen molar-refractivity contribution in [2.45, 2.75) is 58.4 Å². The number of nitrogens with two attached hydrogens (primary N) is 2. The molecule has 0 fully saturated rings. The van der Waals surface area contributed by atoms with E-state index in [-0.39, 0.29) is 6.54 Å². The van der Waals surface area contributed by atoms with Crippen molar-refractivity contribution in [3.8, 4) is 0 Å². The van der Waals surface area contributed by atoms with Crippen LogP contribution in [-0.2, 0) is 9.59 Å². The van der Waals surface area contributed by atoms with Crippen LogP contribution in [0.5, 0.6) is 0 Å². The topological polar surface area (TPSA) is 89.4 Å². The van der Waals surface area contributed by atoms with E-state index in [4.69, 9.17) is 11.5 Å². The first kappa shape index (κ1) is 16.9. The van der Waals surface area contributed by atoms with Crippen molar-refractivity contribution in [3.63, 3.8) is 0 Å². The van der Waals surface area contributed by atoms with E-state index < -0.39 is 17.9 Å². The number of carbonyl (C=O) groups is 2. The molecule has 0 aliphatic carbocycles. The van der Waals surface area contributed by atoms with Gasteiger partial charge in [-0.1, -0.05) is 39.0 Å². The molecule has 0 bridgehead atoms. The normalized spacial score (nSPS) is 12.6. The van der Waals surface area contributed by atoms with Crippen molar-refractivity contribution in [2.24, 2.45) is 11.5 Å². The van der Waals surface area contributed by atoms with Gasteiger partial charge in [-0.25, -0.2) is 0 Å². The van der Waals surface area contributed by atoms with Crippen molar-refractivity contribution < 1.29 is 9.59 Å². The summed E-state index contributed by atoms with van der Waals surface area (Å²) in [6.45, 7) is 4.68. The summed E-state index contributed by atoms with van der Waals surface area (Å²) in [4.78, 5) is 23.8. The first-order valence-electron chi connectivity index (χ1n) is 6.80. The highest BCUT2D eigenvalue weighted by atomic mass is 16.2. The summed E-state index contributed by atoms with van der Waals surface area (Å²) < 4.78 is 0. The molecule has 0 aromatic rings. The molecule has 5 heteroatoms. The zero-order chi connectivity index (χ0) is 14.0. The molecule has 0 radical (unpaired) electrons. The van der Waals surface area contributed by atoms with E-state index in [1.54, 1.807) is 11.8 Å². The number of carbonyl (C=O) groups excluding carboxylic acids is 2. The summed E-state index contributed by atoms with van der Waals surface area (Å²) in [6, 6.07) is -0.437. The maximum absolute atomic E-state index is 11.1. The third kappa shape index (κ3) is 8.06. The number of amides is 2. The highest BCUT2D eigenvalue weighted by molar-refractivity contribution is 5.81. The molecule has 0 saturated heterocycles. The van der Waals surface area contributed by atoms with Gasteiger partial charge in [-0.05, 0) is 19.9 Å². The lowest BCUT2D eigenvalue weighted by Crippen LogP contribution is -2.46. The molecule has 0 spiro atoms. The van der Waals surface area contributed by atoms with Crippen LogP contribution >= 0.6 is 0 Å². The Bertz CT molecular complexity index is 257. The summed E-state index contributed by atoms with van der Waals surface area (Å²) in [5.41, 5.74) is 10.4. The van der Waals surface area contributed by atoms with Crippen molar-refractivity contribution in [3.05, 3.63) is 0 Å². The molecule has 0 rings (SSSR count). The molecular formula is C13H27N3O2. The summed E-state index contributed by atoms with van der Waals surface area (Å²) in [7, 11) is 0. The second kappa shape index (κ2) is 9.88. The fourth-order valence-electron chi connectivity index (χ4n) is 1.88. The van der Waals surface area contributed by atoms with Gasteiger partial charge in [0.25, 0.3) is 0 Å². The van der Waals surface area contributed by atoms with Gasteiger partial charge < -0.3 is 11.5 Å². The maximum atomic E-state index is 11.1. The summed E-state index contributed by atoms with van der Waals surface area (Å²) in [6.07, 6.45) is 7.02. The molecule has 1 atom stereocenters. The van der Waals surface area contributed by atoms with Gasteiger partial charge in [0.2, 0.25) is 11.8 Å². The first-order valence-corrected chi connectivity index (χ1v) is 6.80. The number of nitrogens with zero attached hydrogens (tertiary/aromatic N) is 1. The minimum absolute atomic E-state index is 0.0963. The second-order valence-corrected chi connectivity index (χ2v) is 4.78.